The van der Waals surface area contributed by atoms with Crippen molar-refractivity contribution in [2.75, 3.05) is 11.1 Å². The van der Waals surface area contributed by atoms with E-state index >= 15 is 0 Å². The molecular formula is C27H25N5O2. The van der Waals surface area contributed by atoms with Crippen molar-refractivity contribution in [1.29, 1.82) is 0 Å². The molecule has 0 radical (unpaired) electrons. The minimum absolute atomic E-state index is 0.144. The Kier molecular flexibility index (Phi) is 5.74. The number of hydrogen-bond acceptors (Lipinski definition) is 5. The Morgan fingerprint density at radius 2 is 1.88 bits per heavy atom. The van der Waals surface area contributed by atoms with Crippen LogP contribution in [0.1, 0.15) is 48.0 Å². The van der Waals surface area contributed by atoms with Crippen molar-refractivity contribution < 1.29 is 9.90 Å². The van der Waals surface area contributed by atoms with Gasteiger partial charge in [0.1, 0.15) is 11.4 Å². The predicted octanol–water partition coefficient (Wildman–Crippen LogP) is 4.30. The number of nitrogen functional groups attached to an aromatic ring is 1. The van der Waals surface area contributed by atoms with Gasteiger partial charge >= 0.3 is 0 Å². The van der Waals surface area contributed by atoms with E-state index in [2.05, 4.69) is 27.1 Å². The number of carbonyl (C=O) groups excluding carboxylic acids is 1. The fourth-order valence-electron chi connectivity index (χ4n) is 4.34. The summed E-state index contributed by atoms with van der Waals surface area (Å²) in [5.74, 6) is 6.69. The Labute approximate surface area is 197 Å². The van der Waals surface area contributed by atoms with Gasteiger partial charge in [-0.15, -0.1) is 0 Å². The summed E-state index contributed by atoms with van der Waals surface area (Å²) in [6, 6.07) is 16.7. The number of benzene rings is 2. The molecule has 1 fully saturated rings. The summed E-state index contributed by atoms with van der Waals surface area (Å²) < 4.78 is 1.81. The summed E-state index contributed by atoms with van der Waals surface area (Å²) in [4.78, 5) is 21.5. The van der Waals surface area contributed by atoms with E-state index in [-0.39, 0.29) is 11.9 Å². The summed E-state index contributed by atoms with van der Waals surface area (Å²) in [7, 11) is 0. The lowest BCUT2D eigenvalue weighted by Gasteiger charge is -2.26. The first-order valence-electron chi connectivity index (χ1n) is 11.4. The van der Waals surface area contributed by atoms with Crippen LogP contribution in [0.5, 0.6) is 0 Å². The molecule has 0 atom stereocenters. The van der Waals surface area contributed by atoms with Crippen molar-refractivity contribution >= 4 is 28.4 Å². The Bertz CT molecular complexity index is 1410. The van der Waals surface area contributed by atoms with Gasteiger partial charge in [-0.25, -0.2) is 4.98 Å². The number of anilines is 2. The van der Waals surface area contributed by atoms with E-state index in [1.165, 1.54) is 0 Å². The van der Waals surface area contributed by atoms with Crippen molar-refractivity contribution in [3.05, 3.63) is 78.1 Å². The van der Waals surface area contributed by atoms with Gasteiger partial charge in [-0.3, -0.25) is 4.79 Å². The highest BCUT2D eigenvalue weighted by atomic mass is 16.3. The first-order valence-corrected chi connectivity index (χ1v) is 11.4. The molecular weight excluding hydrogens is 426 g/mol. The van der Waals surface area contributed by atoms with Crippen LogP contribution >= 0.6 is 0 Å². The summed E-state index contributed by atoms with van der Waals surface area (Å²) in [6.07, 6.45) is 7.83. The predicted molar refractivity (Wildman–Crippen MR) is 133 cm³/mol. The molecule has 7 heteroatoms. The first kappa shape index (κ1) is 21.7. The van der Waals surface area contributed by atoms with Crippen LogP contribution in [0.15, 0.2) is 67.0 Å². The molecule has 34 heavy (non-hydrogen) atoms. The van der Waals surface area contributed by atoms with E-state index in [9.17, 15) is 9.90 Å². The standard InChI is InChI=1S/C27H25N5O2/c28-26-29-16-12-24(31-26)32-18-22(25(33)30-20-7-3-1-4-8-20)21-10-9-19(17-23(21)32)11-15-27(34)13-5-2-6-14-27/h1,3-4,7-10,12,16-18,34H,2,5-6,13-14H2,(H,30,33)(H2,28,29,31). The minimum Gasteiger partial charge on any atom is -0.378 e. The van der Waals surface area contributed by atoms with E-state index in [1.807, 2.05) is 53.1 Å². The highest BCUT2D eigenvalue weighted by Gasteiger charge is 2.26. The molecule has 2 heterocycles. The molecule has 5 rings (SSSR count). The fraction of sp³-hybridized carbons (Fsp3) is 0.222. The van der Waals surface area contributed by atoms with Crippen molar-refractivity contribution in [1.82, 2.24) is 14.5 Å². The van der Waals surface area contributed by atoms with Gasteiger partial charge in [0.05, 0.1) is 11.1 Å². The highest BCUT2D eigenvalue weighted by Crippen LogP contribution is 2.29. The van der Waals surface area contributed by atoms with Crippen LogP contribution in [0.3, 0.4) is 0 Å². The fourth-order valence-corrected chi connectivity index (χ4v) is 4.34. The molecule has 1 saturated carbocycles. The van der Waals surface area contributed by atoms with E-state index in [0.29, 0.717) is 29.9 Å². The Balaban J connectivity index is 1.58. The van der Waals surface area contributed by atoms with Gasteiger partial charge in [-0.05, 0) is 56.0 Å². The third kappa shape index (κ3) is 4.49. The number of hydrogen-bond donors (Lipinski definition) is 3. The topological polar surface area (TPSA) is 106 Å². The Morgan fingerprint density at radius 1 is 1.09 bits per heavy atom. The van der Waals surface area contributed by atoms with E-state index in [1.54, 1.807) is 18.5 Å². The van der Waals surface area contributed by atoms with Gasteiger partial charge in [0.2, 0.25) is 5.95 Å². The molecule has 170 valence electrons. The van der Waals surface area contributed by atoms with Crippen molar-refractivity contribution in [3.63, 3.8) is 0 Å². The van der Waals surface area contributed by atoms with Crippen molar-refractivity contribution in [2.45, 2.75) is 37.7 Å². The van der Waals surface area contributed by atoms with Crippen LogP contribution < -0.4 is 11.1 Å². The SMILES string of the molecule is Nc1nccc(-n2cc(C(=O)Nc3ccccc3)c3ccc(C#CC4(O)CCCCC4)cc32)n1. The molecule has 0 spiro atoms. The third-order valence-corrected chi connectivity index (χ3v) is 6.11. The molecule has 2 aromatic carbocycles. The van der Waals surface area contributed by atoms with Crippen LogP contribution in [-0.4, -0.2) is 31.1 Å². The third-order valence-electron chi connectivity index (χ3n) is 6.11. The van der Waals surface area contributed by atoms with Crippen LogP contribution in [0.25, 0.3) is 16.7 Å². The normalized spacial score (nSPS) is 14.9. The highest BCUT2D eigenvalue weighted by molar-refractivity contribution is 6.13. The molecule has 0 aliphatic heterocycles. The second kappa shape index (κ2) is 9.00. The minimum atomic E-state index is -0.933. The second-order valence-electron chi connectivity index (χ2n) is 8.58. The summed E-state index contributed by atoms with van der Waals surface area (Å²) in [5.41, 5.74) is 7.61. The zero-order valence-corrected chi connectivity index (χ0v) is 18.7. The largest absolute Gasteiger partial charge is 0.378 e. The monoisotopic (exact) mass is 451 g/mol. The number of fused-ring (bicyclic) bond motifs is 1. The Morgan fingerprint density at radius 3 is 2.65 bits per heavy atom. The molecule has 1 aliphatic carbocycles. The van der Waals surface area contributed by atoms with Gasteiger partial charge in [0, 0.05) is 29.0 Å². The maximum Gasteiger partial charge on any atom is 0.257 e. The van der Waals surface area contributed by atoms with Crippen molar-refractivity contribution in [3.8, 4) is 17.7 Å². The van der Waals surface area contributed by atoms with Gasteiger partial charge in [-0.2, -0.15) is 4.98 Å². The number of carbonyl (C=O) groups is 1. The number of rotatable bonds is 3. The number of para-hydroxylation sites is 1. The van der Waals surface area contributed by atoms with E-state index < -0.39 is 5.60 Å². The molecule has 2 aromatic heterocycles. The summed E-state index contributed by atoms with van der Waals surface area (Å²) in [5, 5.41) is 14.5. The maximum absolute atomic E-state index is 13.2. The summed E-state index contributed by atoms with van der Waals surface area (Å²) >= 11 is 0. The maximum atomic E-state index is 13.2. The molecule has 7 nitrogen and oxygen atoms in total. The molecule has 1 amide bonds. The molecule has 0 unspecified atom stereocenters. The van der Waals surface area contributed by atoms with Gasteiger partial charge < -0.3 is 20.7 Å². The Hall–Kier alpha value is -4.15. The molecule has 0 saturated heterocycles. The number of amides is 1. The first-order chi connectivity index (χ1) is 16.5. The molecule has 4 aromatic rings. The van der Waals surface area contributed by atoms with Crippen LogP contribution in [0.4, 0.5) is 11.6 Å². The van der Waals surface area contributed by atoms with Gasteiger partial charge in [-0.1, -0.05) is 42.5 Å². The van der Waals surface area contributed by atoms with E-state index in [4.69, 9.17) is 5.73 Å². The van der Waals surface area contributed by atoms with Gasteiger partial charge in [0.15, 0.2) is 0 Å². The van der Waals surface area contributed by atoms with E-state index in [0.717, 1.165) is 35.7 Å². The zero-order valence-electron chi connectivity index (χ0n) is 18.7. The lowest BCUT2D eigenvalue weighted by molar-refractivity contribution is 0.0610. The zero-order chi connectivity index (χ0) is 23.5. The average molecular weight is 452 g/mol. The lowest BCUT2D eigenvalue weighted by atomic mass is 9.85. The number of nitrogens with one attached hydrogen (secondary N) is 1. The smallest absolute Gasteiger partial charge is 0.257 e. The number of aromatic nitrogens is 3. The quantitative estimate of drug-likeness (QED) is 0.403. The number of aliphatic hydroxyl groups is 1. The average Bonchev–Trinajstić information content (AvgIpc) is 3.23. The number of nitrogens with zero attached hydrogens (tertiary/aromatic N) is 3. The molecule has 0 bridgehead atoms. The lowest BCUT2D eigenvalue weighted by Crippen LogP contribution is -2.29. The van der Waals surface area contributed by atoms with Gasteiger partial charge in [0.25, 0.3) is 5.91 Å². The van der Waals surface area contributed by atoms with Crippen LogP contribution in [0, 0.1) is 11.8 Å². The second-order valence-corrected chi connectivity index (χ2v) is 8.58. The summed E-state index contributed by atoms with van der Waals surface area (Å²) in [6.45, 7) is 0. The number of nitrogens with two attached hydrogens (primary N) is 1. The molecule has 4 N–H and O–H groups in total. The van der Waals surface area contributed by atoms with Crippen molar-refractivity contribution in [2.24, 2.45) is 0 Å². The molecule has 1 aliphatic rings. The van der Waals surface area contributed by atoms with Crippen LogP contribution in [0.2, 0.25) is 0 Å². The van der Waals surface area contributed by atoms with Crippen LogP contribution in [-0.2, 0) is 0 Å².